The van der Waals surface area contributed by atoms with Crippen LogP contribution in [0, 0.1) is 0 Å². The van der Waals surface area contributed by atoms with Gasteiger partial charge in [-0.25, -0.2) is 9.97 Å². The van der Waals surface area contributed by atoms with Gasteiger partial charge in [0.1, 0.15) is 11.9 Å². The second-order valence-electron chi connectivity index (χ2n) is 7.81. The fourth-order valence-corrected chi connectivity index (χ4v) is 4.40. The number of anilines is 1. The summed E-state index contributed by atoms with van der Waals surface area (Å²) in [6.45, 7) is 5.03. The molecule has 7 heteroatoms. The van der Waals surface area contributed by atoms with E-state index in [-0.39, 0.29) is 12.0 Å². The van der Waals surface area contributed by atoms with Gasteiger partial charge in [-0.1, -0.05) is 17.7 Å². The summed E-state index contributed by atoms with van der Waals surface area (Å²) in [6, 6.07) is 7.81. The number of rotatable bonds is 4. The molecule has 2 aromatic rings. The van der Waals surface area contributed by atoms with Crippen LogP contribution in [0.4, 0.5) is 5.82 Å². The Balaban J connectivity index is 1.37. The largest absolute Gasteiger partial charge is 0.474 e. The van der Waals surface area contributed by atoms with E-state index in [1.54, 1.807) is 25.4 Å². The summed E-state index contributed by atoms with van der Waals surface area (Å²) in [4.78, 5) is 24.7. The highest BCUT2D eigenvalue weighted by atomic mass is 35.5. The van der Waals surface area contributed by atoms with Gasteiger partial charge < -0.3 is 14.5 Å². The zero-order valence-corrected chi connectivity index (χ0v) is 17.5. The maximum absolute atomic E-state index is 11.6. The fraction of sp³-hybridized carbons (Fsp3) is 0.500. The average Bonchev–Trinajstić information content (AvgIpc) is 2.75. The van der Waals surface area contributed by atoms with Gasteiger partial charge in [-0.3, -0.25) is 4.79 Å². The SMILES string of the molecule is CC(=O)N1CCC(c2cccnc2OC2CCN(c3cc(Cl)ccn3)CC2)CC1. The molecule has 0 saturated carbocycles. The second-order valence-corrected chi connectivity index (χ2v) is 8.25. The molecule has 2 saturated heterocycles. The molecule has 2 aliphatic rings. The average molecular weight is 415 g/mol. The number of hydrogen-bond acceptors (Lipinski definition) is 5. The zero-order valence-electron chi connectivity index (χ0n) is 16.8. The first-order valence-electron chi connectivity index (χ1n) is 10.3. The van der Waals surface area contributed by atoms with Crippen LogP contribution in [0.1, 0.15) is 44.1 Å². The summed E-state index contributed by atoms with van der Waals surface area (Å²) in [5.41, 5.74) is 1.18. The number of piperidine rings is 2. The molecule has 1 amide bonds. The molecule has 0 radical (unpaired) electrons. The van der Waals surface area contributed by atoms with Gasteiger partial charge in [0.2, 0.25) is 11.8 Å². The van der Waals surface area contributed by atoms with Gasteiger partial charge in [0.25, 0.3) is 0 Å². The molecule has 0 unspecified atom stereocenters. The number of ether oxygens (including phenoxy) is 1. The fourth-order valence-electron chi connectivity index (χ4n) is 4.24. The van der Waals surface area contributed by atoms with Crippen LogP contribution in [0.25, 0.3) is 0 Å². The van der Waals surface area contributed by atoms with Crippen molar-refractivity contribution in [2.75, 3.05) is 31.1 Å². The Morgan fingerprint density at radius 1 is 1.07 bits per heavy atom. The van der Waals surface area contributed by atoms with Gasteiger partial charge in [0.15, 0.2) is 0 Å². The van der Waals surface area contributed by atoms with E-state index in [9.17, 15) is 4.79 Å². The number of carbonyl (C=O) groups is 1. The first-order valence-corrected chi connectivity index (χ1v) is 10.7. The van der Waals surface area contributed by atoms with Crippen LogP contribution in [0.15, 0.2) is 36.7 Å². The summed E-state index contributed by atoms with van der Waals surface area (Å²) in [7, 11) is 0. The summed E-state index contributed by atoms with van der Waals surface area (Å²) in [5.74, 6) is 2.23. The molecule has 0 atom stereocenters. The third-order valence-corrected chi connectivity index (χ3v) is 6.17. The number of halogens is 1. The Bertz CT molecular complexity index is 846. The van der Waals surface area contributed by atoms with Crippen molar-refractivity contribution in [1.82, 2.24) is 14.9 Å². The molecule has 6 nitrogen and oxygen atoms in total. The quantitative estimate of drug-likeness (QED) is 0.759. The number of nitrogens with zero attached hydrogens (tertiary/aromatic N) is 4. The minimum atomic E-state index is 0.149. The Morgan fingerprint density at radius 2 is 1.83 bits per heavy atom. The van der Waals surface area contributed by atoms with Gasteiger partial charge in [-0.05, 0) is 37.0 Å². The van der Waals surface area contributed by atoms with Crippen LogP contribution in [-0.2, 0) is 4.79 Å². The van der Waals surface area contributed by atoms with Crippen molar-refractivity contribution in [2.45, 2.75) is 44.6 Å². The predicted molar refractivity (Wildman–Crippen MR) is 114 cm³/mol. The topological polar surface area (TPSA) is 58.6 Å². The molecule has 154 valence electrons. The van der Waals surface area contributed by atoms with E-state index in [0.717, 1.165) is 63.6 Å². The van der Waals surface area contributed by atoms with E-state index in [1.807, 2.05) is 17.0 Å². The standard InChI is InChI=1S/C22H27ClN4O2/c1-16(28)26-11-5-17(6-12-26)20-3-2-9-25-22(20)29-19-7-13-27(14-8-19)21-15-18(23)4-10-24-21/h2-4,9-10,15,17,19H,5-8,11-14H2,1H3. The van der Waals surface area contributed by atoms with Gasteiger partial charge in [0.05, 0.1) is 0 Å². The maximum atomic E-state index is 11.6. The van der Waals surface area contributed by atoms with Crippen LogP contribution in [-0.4, -0.2) is 53.1 Å². The lowest BCUT2D eigenvalue weighted by molar-refractivity contribution is -0.129. The van der Waals surface area contributed by atoms with E-state index >= 15 is 0 Å². The molecule has 0 N–H and O–H groups in total. The van der Waals surface area contributed by atoms with Crippen molar-refractivity contribution in [2.24, 2.45) is 0 Å². The van der Waals surface area contributed by atoms with Crippen molar-refractivity contribution < 1.29 is 9.53 Å². The minimum absolute atomic E-state index is 0.149. The summed E-state index contributed by atoms with van der Waals surface area (Å²) in [5, 5.41) is 0.710. The van der Waals surface area contributed by atoms with Crippen molar-refractivity contribution in [3.63, 3.8) is 0 Å². The van der Waals surface area contributed by atoms with Crippen LogP contribution < -0.4 is 9.64 Å². The molecular formula is C22H27ClN4O2. The molecule has 4 rings (SSSR count). The molecule has 29 heavy (non-hydrogen) atoms. The highest BCUT2D eigenvalue weighted by Crippen LogP contribution is 2.34. The molecule has 2 aliphatic heterocycles. The molecular weight excluding hydrogens is 388 g/mol. The Kier molecular flexibility index (Phi) is 6.19. The first-order chi connectivity index (χ1) is 14.1. The molecule has 0 bridgehead atoms. The Hall–Kier alpha value is -2.34. The number of likely N-dealkylation sites (tertiary alicyclic amines) is 1. The van der Waals surface area contributed by atoms with Gasteiger partial charge in [0, 0.05) is 68.9 Å². The van der Waals surface area contributed by atoms with Gasteiger partial charge in [-0.15, -0.1) is 0 Å². The number of hydrogen-bond donors (Lipinski definition) is 0. The monoisotopic (exact) mass is 414 g/mol. The van der Waals surface area contributed by atoms with Crippen molar-refractivity contribution in [3.8, 4) is 5.88 Å². The molecule has 2 fully saturated rings. The Morgan fingerprint density at radius 3 is 2.52 bits per heavy atom. The maximum Gasteiger partial charge on any atom is 0.219 e. The third kappa shape index (κ3) is 4.81. The molecule has 2 aromatic heterocycles. The third-order valence-electron chi connectivity index (χ3n) is 5.93. The van der Waals surface area contributed by atoms with Crippen LogP contribution in [0.3, 0.4) is 0 Å². The van der Waals surface area contributed by atoms with Crippen molar-refractivity contribution in [3.05, 3.63) is 47.2 Å². The number of pyridine rings is 2. The number of amides is 1. The summed E-state index contributed by atoms with van der Waals surface area (Å²) < 4.78 is 6.36. The Labute approximate surface area is 176 Å². The lowest BCUT2D eigenvalue weighted by Gasteiger charge is -2.34. The van der Waals surface area contributed by atoms with Crippen LogP contribution in [0.2, 0.25) is 5.02 Å². The zero-order chi connectivity index (χ0) is 20.2. The normalized spacial score (nSPS) is 18.7. The molecule has 0 aromatic carbocycles. The highest BCUT2D eigenvalue weighted by molar-refractivity contribution is 6.30. The molecule has 4 heterocycles. The molecule has 0 spiro atoms. The van der Waals surface area contributed by atoms with E-state index < -0.39 is 0 Å². The van der Waals surface area contributed by atoms with E-state index in [2.05, 4.69) is 20.9 Å². The number of carbonyl (C=O) groups excluding carboxylic acids is 1. The van der Waals surface area contributed by atoms with E-state index in [1.165, 1.54) is 5.56 Å². The van der Waals surface area contributed by atoms with Crippen LogP contribution in [0.5, 0.6) is 5.88 Å². The van der Waals surface area contributed by atoms with Crippen molar-refractivity contribution in [1.29, 1.82) is 0 Å². The predicted octanol–water partition coefficient (Wildman–Crippen LogP) is 3.90. The first kappa shape index (κ1) is 20.0. The lowest BCUT2D eigenvalue weighted by Crippen LogP contribution is -2.39. The second kappa shape index (κ2) is 8.99. The van der Waals surface area contributed by atoms with Crippen LogP contribution >= 0.6 is 11.6 Å². The van der Waals surface area contributed by atoms with Gasteiger partial charge in [-0.2, -0.15) is 0 Å². The lowest BCUT2D eigenvalue weighted by atomic mass is 9.90. The minimum Gasteiger partial charge on any atom is -0.474 e. The molecule has 0 aliphatic carbocycles. The smallest absolute Gasteiger partial charge is 0.219 e. The van der Waals surface area contributed by atoms with E-state index in [0.29, 0.717) is 10.9 Å². The number of aromatic nitrogens is 2. The summed E-state index contributed by atoms with van der Waals surface area (Å²) >= 11 is 6.10. The van der Waals surface area contributed by atoms with E-state index in [4.69, 9.17) is 16.3 Å². The van der Waals surface area contributed by atoms with Gasteiger partial charge >= 0.3 is 0 Å². The summed E-state index contributed by atoms with van der Waals surface area (Å²) in [6.07, 6.45) is 7.46. The van der Waals surface area contributed by atoms with Crippen molar-refractivity contribution >= 4 is 23.3 Å². The highest BCUT2D eigenvalue weighted by Gasteiger charge is 2.27.